The lowest BCUT2D eigenvalue weighted by atomic mass is 10.1. The maximum absolute atomic E-state index is 14.0. The van der Waals surface area contributed by atoms with Crippen molar-refractivity contribution in [2.75, 3.05) is 17.5 Å². The Labute approximate surface area is 242 Å². The Kier molecular flexibility index (Phi) is 10.9. The molecule has 0 aliphatic carbocycles. The molecule has 10 heteroatoms. The summed E-state index contributed by atoms with van der Waals surface area (Å²) in [6, 6.07) is 17.5. The number of aryl methyl sites for hydroxylation is 1. The number of sulfonamides is 1. The number of carbonyl (C=O) groups is 2. The fraction of sp³-hybridized carbons (Fsp3) is 0.355. The maximum Gasteiger partial charge on any atom is 0.264 e. The lowest BCUT2D eigenvalue weighted by Crippen LogP contribution is -2.52. The Morgan fingerprint density at radius 1 is 0.951 bits per heavy atom. The summed E-state index contributed by atoms with van der Waals surface area (Å²) in [7, 11) is -4.23. The molecule has 0 saturated heterocycles. The highest BCUT2D eigenvalue weighted by atomic mass is 32.2. The van der Waals surface area contributed by atoms with Gasteiger partial charge in [-0.15, -0.1) is 0 Å². The number of amides is 2. The number of carbonyl (C=O) groups excluding carboxylic acids is 2. The van der Waals surface area contributed by atoms with Crippen LogP contribution >= 0.6 is 0 Å². The minimum absolute atomic E-state index is 0.00912. The fourth-order valence-electron chi connectivity index (χ4n) is 4.13. The summed E-state index contributed by atoms with van der Waals surface area (Å²) in [5.74, 6) is -1.12. The van der Waals surface area contributed by atoms with Crippen molar-refractivity contribution in [3.8, 4) is 5.75 Å². The van der Waals surface area contributed by atoms with Crippen LogP contribution in [0.15, 0.2) is 77.7 Å². The molecule has 0 saturated carbocycles. The number of hydrogen-bond donors (Lipinski definition) is 1. The Hall–Kier alpha value is -3.92. The van der Waals surface area contributed by atoms with E-state index in [-0.39, 0.29) is 35.7 Å². The number of ether oxygens (including phenoxy) is 1. The topological polar surface area (TPSA) is 96.0 Å². The molecule has 8 nitrogen and oxygen atoms in total. The lowest BCUT2D eigenvalue weighted by molar-refractivity contribution is -0.139. The highest BCUT2D eigenvalue weighted by Gasteiger charge is 2.34. The number of para-hydroxylation sites is 2. The first-order chi connectivity index (χ1) is 19.5. The average molecular weight is 584 g/mol. The molecule has 0 aliphatic rings. The van der Waals surface area contributed by atoms with Crippen molar-refractivity contribution in [1.29, 1.82) is 0 Å². The van der Waals surface area contributed by atoms with E-state index in [2.05, 4.69) is 5.32 Å². The van der Waals surface area contributed by atoms with Crippen LogP contribution in [0.25, 0.3) is 0 Å². The molecule has 0 fully saturated rings. The van der Waals surface area contributed by atoms with Gasteiger partial charge in [0.1, 0.15) is 24.2 Å². The fourth-order valence-corrected chi connectivity index (χ4v) is 5.55. The summed E-state index contributed by atoms with van der Waals surface area (Å²) < 4.78 is 48.4. The minimum atomic E-state index is -4.23. The van der Waals surface area contributed by atoms with E-state index in [1.54, 1.807) is 50.2 Å². The van der Waals surface area contributed by atoms with Crippen LogP contribution < -0.4 is 14.4 Å². The number of hydrogen-bond acceptors (Lipinski definition) is 5. The molecule has 3 aromatic carbocycles. The van der Waals surface area contributed by atoms with Crippen LogP contribution in [-0.4, -0.2) is 50.4 Å². The molecule has 220 valence electrons. The van der Waals surface area contributed by atoms with Gasteiger partial charge in [0.15, 0.2) is 0 Å². The molecule has 0 unspecified atom stereocenters. The zero-order chi connectivity index (χ0) is 30.2. The number of halogens is 1. The summed E-state index contributed by atoms with van der Waals surface area (Å²) >= 11 is 0. The maximum atomic E-state index is 14.0. The predicted octanol–water partition coefficient (Wildman–Crippen LogP) is 5.06. The van der Waals surface area contributed by atoms with Gasteiger partial charge in [-0.3, -0.25) is 13.9 Å². The molecule has 2 amide bonds. The van der Waals surface area contributed by atoms with Gasteiger partial charge in [-0.2, -0.15) is 0 Å². The van der Waals surface area contributed by atoms with E-state index in [4.69, 9.17) is 4.74 Å². The zero-order valence-electron chi connectivity index (χ0n) is 24.1. The van der Waals surface area contributed by atoms with Crippen LogP contribution in [0, 0.1) is 12.7 Å². The molecule has 0 aromatic heterocycles. The minimum Gasteiger partial charge on any atom is -0.492 e. The molecule has 41 heavy (non-hydrogen) atoms. The van der Waals surface area contributed by atoms with Gasteiger partial charge in [0.25, 0.3) is 10.0 Å². The van der Waals surface area contributed by atoms with Gasteiger partial charge in [-0.05, 0) is 76.1 Å². The van der Waals surface area contributed by atoms with E-state index in [9.17, 15) is 22.4 Å². The third kappa shape index (κ3) is 8.07. The van der Waals surface area contributed by atoms with Crippen molar-refractivity contribution >= 4 is 27.5 Å². The Morgan fingerprint density at radius 2 is 1.59 bits per heavy atom. The van der Waals surface area contributed by atoms with E-state index in [0.717, 1.165) is 9.87 Å². The van der Waals surface area contributed by atoms with Crippen LogP contribution in [0.3, 0.4) is 0 Å². The van der Waals surface area contributed by atoms with Gasteiger partial charge in [0.05, 0.1) is 17.2 Å². The molecule has 1 N–H and O–H groups in total. The second kappa shape index (κ2) is 14.1. The van der Waals surface area contributed by atoms with E-state index in [1.165, 1.54) is 41.3 Å². The normalized spacial score (nSPS) is 12.7. The number of nitrogens with zero attached hydrogens (tertiary/aromatic N) is 2. The SMILES string of the molecule is CCOc1ccccc1N(CC(=O)N(Cc1ccc(F)cc1)[C@H](C)C(=O)N[C@@H](C)CC)S(=O)(=O)c1ccc(C)cc1. The Morgan fingerprint density at radius 3 is 2.20 bits per heavy atom. The first-order valence-electron chi connectivity index (χ1n) is 13.6. The molecule has 0 spiro atoms. The smallest absolute Gasteiger partial charge is 0.264 e. The van der Waals surface area contributed by atoms with Crippen molar-refractivity contribution in [1.82, 2.24) is 10.2 Å². The third-order valence-corrected chi connectivity index (χ3v) is 8.53. The van der Waals surface area contributed by atoms with Crippen LogP contribution in [0.2, 0.25) is 0 Å². The second-order valence-electron chi connectivity index (χ2n) is 9.87. The molecular weight excluding hydrogens is 545 g/mol. The summed E-state index contributed by atoms with van der Waals surface area (Å²) in [6.45, 7) is 8.67. The summed E-state index contributed by atoms with van der Waals surface area (Å²) in [5.41, 5.74) is 1.67. The van der Waals surface area contributed by atoms with E-state index in [1.807, 2.05) is 20.8 Å². The molecule has 3 aromatic rings. The molecule has 0 bridgehead atoms. The van der Waals surface area contributed by atoms with E-state index < -0.39 is 34.3 Å². The summed E-state index contributed by atoms with van der Waals surface area (Å²) in [5, 5.41) is 2.89. The van der Waals surface area contributed by atoms with Gasteiger partial charge >= 0.3 is 0 Å². The first-order valence-corrected chi connectivity index (χ1v) is 15.1. The molecule has 3 rings (SSSR count). The Balaban J connectivity index is 2.07. The standard InChI is InChI=1S/C31H38FN3O5S/c1-6-23(4)33-31(37)24(5)34(20-25-14-16-26(32)17-15-25)30(36)21-35(28-10-8-9-11-29(28)40-7-2)41(38,39)27-18-12-22(3)13-19-27/h8-19,23-24H,6-7,20-21H2,1-5H3,(H,33,37)/t23-,24+/m0/s1. The zero-order valence-corrected chi connectivity index (χ0v) is 24.9. The van der Waals surface area contributed by atoms with Gasteiger partial charge in [0.2, 0.25) is 11.8 Å². The van der Waals surface area contributed by atoms with E-state index in [0.29, 0.717) is 17.7 Å². The van der Waals surface area contributed by atoms with Crippen molar-refractivity contribution < 1.29 is 27.1 Å². The van der Waals surface area contributed by atoms with Crippen LogP contribution in [-0.2, 0) is 26.2 Å². The molecule has 0 heterocycles. The highest BCUT2D eigenvalue weighted by Crippen LogP contribution is 2.33. The number of nitrogens with one attached hydrogen (secondary N) is 1. The second-order valence-corrected chi connectivity index (χ2v) is 11.7. The lowest BCUT2D eigenvalue weighted by Gasteiger charge is -2.33. The van der Waals surface area contributed by atoms with Crippen LogP contribution in [0.1, 0.15) is 45.2 Å². The predicted molar refractivity (Wildman–Crippen MR) is 158 cm³/mol. The van der Waals surface area contributed by atoms with Gasteiger partial charge in [-0.25, -0.2) is 12.8 Å². The number of anilines is 1. The first kappa shape index (κ1) is 31.6. The Bertz CT molecular complexity index is 1430. The quantitative estimate of drug-likeness (QED) is 0.304. The average Bonchev–Trinajstić information content (AvgIpc) is 2.95. The monoisotopic (exact) mass is 583 g/mol. The summed E-state index contributed by atoms with van der Waals surface area (Å²) in [6.07, 6.45) is 0.696. The number of benzene rings is 3. The third-order valence-electron chi connectivity index (χ3n) is 6.76. The van der Waals surface area contributed by atoms with Crippen molar-refractivity contribution in [3.05, 3.63) is 89.7 Å². The number of rotatable bonds is 13. The van der Waals surface area contributed by atoms with Gasteiger partial charge in [-0.1, -0.05) is 48.9 Å². The molecule has 0 aliphatic heterocycles. The van der Waals surface area contributed by atoms with Gasteiger partial charge in [0, 0.05) is 12.6 Å². The molecule has 0 radical (unpaired) electrons. The molecular formula is C31H38FN3O5S. The van der Waals surface area contributed by atoms with Crippen molar-refractivity contribution in [3.63, 3.8) is 0 Å². The van der Waals surface area contributed by atoms with Crippen molar-refractivity contribution in [2.45, 2.75) is 64.6 Å². The van der Waals surface area contributed by atoms with Gasteiger partial charge < -0.3 is 15.0 Å². The highest BCUT2D eigenvalue weighted by molar-refractivity contribution is 7.92. The van der Waals surface area contributed by atoms with E-state index >= 15 is 0 Å². The largest absolute Gasteiger partial charge is 0.492 e. The van der Waals surface area contributed by atoms with Crippen molar-refractivity contribution in [2.24, 2.45) is 0 Å². The molecule has 2 atom stereocenters. The van der Waals surface area contributed by atoms with Crippen LogP contribution in [0.5, 0.6) is 5.75 Å². The van der Waals surface area contributed by atoms with Crippen LogP contribution in [0.4, 0.5) is 10.1 Å². The summed E-state index contributed by atoms with van der Waals surface area (Å²) in [4.78, 5) is 28.5.